The number of nitrogens with zero attached hydrogens (tertiary/aromatic N) is 1. The lowest BCUT2D eigenvalue weighted by Crippen LogP contribution is -2.17. The van der Waals surface area contributed by atoms with Gasteiger partial charge in [-0.25, -0.2) is 0 Å². The highest BCUT2D eigenvalue weighted by molar-refractivity contribution is 5.90. The van der Waals surface area contributed by atoms with E-state index in [4.69, 9.17) is 0 Å². The van der Waals surface area contributed by atoms with Crippen molar-refractivity contribution in [3.8, 4) is 0 Å². The van der Waals surface area contributed by atoms with E-state index in [0.717, 1.165) is 17.1 Å². The smallest absolute Gasteiger partial charge is 0.0933 e. The second-order valence-corrected chi connectivity index (χ2v) is 4.65. The van der Waals surface area contributed by atoms with Crippen molar-refractivity contribution in [2.45, 2.75) is 25.8 Å². The normalized spacial score (nSPS) is 17.3. The van der Waals surface area contributed by atoms with Crippen LogP contribution >= 0.6 is 0 Å². The maximum Gasteiger partial charge on any atom is 0.0933 e. The fourth-order valence-corrected chi connectivity index (χ4v) is 2.18. The van der Waals surface area contributed by atoms with Gasteiger partial charge in [0.2, 0.25) is 0 Å². The lowest BCUT2D eigenvalue weighted by atomic mass is 10.1. The van der Waals surface area contributed by atoms with Crippen molar-refractivity contribution >= 4 is 16.6 Å². The van der Waals surface area contributed by atoms with Gasteiger partial charge in [-0.2, -0.15) is 0 Å². The lowest BCUT2D eigenvalue weighted by Gasteiger charge is -2.15. The molecule has 3 rings (SSSR count). The first-order chi connectivity index (χ1) is 7.84. The molecule has 0 aliphatic heterocycles. The second kappa shape index (κ2) is 3.78. The molecule has 0 radical (unpaired) electrons. The van der Waals surface area contributed by atoms with Crippen LogP contribution in [-0.4, -0.2) is 11.0 Å². The van der Waals surface area contributed by atoms with Gasteiger partial charge in [-0.05, 0) is 37.8 Å². The van der Waals surface area contributed by atoms with Crippen LogP contribution in [-0.2, 0) is 0 Å². The fraction of sp³-hybridized carbons (Fsp3) is 0.357. The van der Waals surface area contributed by atoms with Crippen LogP contribution in [0.25, 0.3) is 10.9 Å². The highest BCUT2D eigenvalue weighted by Crippen LogP contribution is 2.34. The standard InChI is InChI=1S/C14H16N2/c1-10(11-7-8-11)16-13-6-2-4-12-5-3-9-15-14(12)13/h2-6,9-11,16H,7-8H2,1H3. The Morgan fingerprint density at radius 1 is 1.25 bits per heavy atom. The Bertz CT molecular complexity index is 498. The largest absolute Gasteiger partial charge is 0.381 e. The van der Waals surface area contributed by atoms with E-state index in [0.29, 0.717) is 6.04 Å². The van der Waals surface area contributed by atoms with E-state index in [1.165, 1.54) is 18.2 Å². The van der Waals surface area contributed by atoms with E-state index < -0.39 is 0 Å². The van der Waals surface area contributed by atoms with E-state index in [-0.39, 0.29) is 0 Å². The molecule has 1 heterocycles. The van der Waals surface area contributed by atoms with Crippen molar-refractivity contribution in [1.82, 2.24) is 4.98 Å². The third kappa shape index (κ3) is 1.75. The molecule has 1 aromatic heterocycles. The van der Waals surface area contributed by atoms with Crippen molar-refractivity contribution in [3.05, 3.63) is 36.5 Å². The Morgan fingerprint density at radius 2 is 2.06 bits per heavy atom. The molecule has 0 saturated heterocycles. The van der Waals surface area contributed by atoms with E-state index in [1.54, 1.807) is 0 Å². The molecule has 0 amide bonds. The van der Waals surface area contributed by atoms with Crippen LogP contribution in [0.1, 0.15) is 19.8 Å². The molecule has 1 aliphatic rings. The Kier molecular flexibility index (Phi) is 2.28. The van der Waals surface area contributed by atoms with Gasteiger partial charge in [0.25, 0.3) is 0 Å². The van der Waals surface area contributed by atoms with E-state index in [2.05, 4.69) is 41.5 Å². The maximum absolute atomic E-state index is 4.45. The van der Waals surface area contributed by atoms with Gasteiger partial charge >= 0.3 is 0 Å². The number of nitrogens with one attached hydrogen (secondary N) is 1. The van der Waals surface area contributed by atoms with Gasteiger partial charge < -0.3 is 5.32 Å². The van der Waals surface area contributed by atoms with Crippen LogP contribution in [0.2, 0.25) is 0 Å². The van der Waals surface area contributed by atoms with Gasteiger partial charge in [0.05, 0.1) is 11.2 Å². The molecule has 2 heteroatoms. The number of hydrogen-bond donors (Lipinski definition) is 1. The maximum atomic E-state index is 4.45. The van der Waals surface area contributed by atoms with E-state index in [1.807, 2.05) is 12.3 Å². The molecule has 1 aliphatic carbocycles. The summed E-state index contributed by atoms with van der Waals surface area (Å²) in [6, 6.07) is 11.0. The van der Waals surface area contributed by atoms with Crippen molar-refractivity contribution in [1.29, 1.82) is 0 Å². The minimum absolute atomic E-state index is 0.563. The molecule has 0 bridgehead atoms. The van der Waals surface area contributed by atoms with E-state index in [9.17, 15) is 0 Å². The molecule has 1 fully saturated rings. The molecule has 0 spiro atoms. The van der Waals surface area contributed by atoms with Crippen molar-refractivity contribution in [2.75, 3.05) is 5.32 Å². The first kappa shape index (κ1) is 9.64. The molecular formula is C14H16N2. The molecule has 1 atom stereocenters. The molecule has 1 unspecified atom stereocenters. The number of rotatable bonds is 3. The summed E-state index contributed by atoms with van der Waals surface area (Å²) in [6.45, 7) is 2.26. The number of benzene rings is 1. The van der Waals surface area contributed by atoms with Crippen LogP contribution in [0.5, 0.6) is 0 Å². The molecular weight excluding hydrogens is 196 g/mol. The predicted molar refractivity (Wildman–Crippen MR) is 67.6 cm³/mol. The van der Waals surface area contributed by atoms with Crippen molar-refractivity contribution < 1.29 is 0 Å². The summed E-state index contributed by atoms with van der Waals surface area (Å²) in [5.74, 6) is 0.860. The number of para-hydroxylation sites is 1. The zero-order chi connectivity index (χ0) is 11.0. The van der Waals surface area contributed by atoms with Gasteiger partial charge in [-0.1, -0.05) is 18.2 Å². The SMILES string of the molecule is CC(Nc1cccc2cccnc12)C1CC1. The van der Waals surface area contributed by atoms with Crippen LogP contribution in [0.15, 0.2) is 36.5 Å². The lowest BCUT2D eigenvalue weighted by molar-refractivity contribution is 0.695. The second-order valence-electron chi connectivity index (χ2n) is 4.65. The first-order valence-corrected chi connectivity index (χ1v) is 5.95. The van der Waals surface area contributed by atoms with Gasteiger partial charge in [0.15, 0.2) is 0 Å². The Morgan fingerprint density at radius 3 is 2.88 bits per heavy atom. The fourth-order valence-electron chi connectivity index (χ4n) is 2.18. The molecule has 1 aromatic carbocycles. The summed E-state index contributed by atoms with van der Waals surface area (Å²) in [6.07, 6.45) is 4.59. The number of pyridine rings is 1. The quantitative estimate of drug-likeness (QED) is 0.843. The van der Waals surface area contributed by atoms with Gasteiger partial charge in [-0.15, -0.1) is 0 Å². The molecule has 2 aromatic rings. The minimum Gasteiger partial charge on any atom is -0.381 e. The third-order valence-electron chi connectivity index (χ3n) is 3.35. The number of aromatic nitrogens is 1. The molecule has 16 heavy (non-hydrogen) atoms. The average Bonchev–Trinajstić information content (AvgIpc) is 3.13. The number of fused-ring (bicyclic) bond motifs is 1. The van der Waals surface area contributed by atoms with Crippen molar-refractivity contribution in [3.63, 3.8) is 0 Å². The molecule has 1 N–H and O–H groups in total. The average molecular weight is 212 g/mol. The van der Waals surface area contributed by atoms with Gasteiger partial charge in [-0.3, -0.25) is 4.98 Å². The summed E-state index contributed by atoms with van der Waals surface area (Å²) in [5, 5.41) is 4.79. The van der Waals surface area contributed by atoms with Gasteiger partial charge in [0, 0.05) is 17.6 Å². The van der Waals surface area contributed by atoms with E-state index >= 15 is 0 Å². The highest BCUT2D eigenvalue weighted by Gasteiger charge is 2.27. The number of anilines is 1. The summed E-state index contributed by atoms with van der Waals surface area (Å²) in [7, 11) is 0. The Balaban J connectivity index is 1.95. The third-order valence-corrected chi connectivity index (χ3v) is 3.35. The van der Waals surface area contributed by atoms with Crippen LogP contribution < -0.4 is 5.32 Å². The predicted octanol–water partition coefficient (Wildman–Crippen LogP) is 3.45. The zero-order valence-electron chi connectivity index (χ0n) is 9.48. The number of hydrogen-bond acceptors (Lipinski definition) is 2. The first-order valence-electron chi connectivity index (χ1n) is 5.95. The molecule has 1 saturated carbocycles. The molecule has 2 nitrogen and oxygen atoms in total. The summed E-state index contributed by atoms with van der Waals surface area (Å²) in [5.41, 5.74) is 2.25. The summed E-state index contributed by atoms with van der Waals surface area (Å²) < 4.78 is 0. The highest BCUT2D eigenvalue weighted by atomic mass is 14.9. The zero-order valence-corrected chi connectivity index (χ0v) is 9.48. The monoisotopic (exact) mass is 212 g/mol. The summed E-state index contributed by atoms with van der Waals surface area (Å²) >= 11 is 0. The van der Waals surface area contributed by atoms with Crippen molar-refractivity contribution in [2.24, 2.45) is 5.92 Å². The Labute approximate surface area is 95.7 Å². The topological polar surface area (TPSA) is 24.9 Å². The van der Waals surface area contributed by atoms with Crippen LogP contribution in [0, 0.1) is 5.92 Å². The minimum atomic E-state index is 0.563. The van der Waals surface area contributed by atoms with Crippen LogP contribution in [0.4, 0.5) is 5.69 Å². The van der Waals surface area contributed by atoms with Gasteiger partial charge in [0.1, 0.15) is 0 Å². The van der Waals surface area contributed by atoms with Crippen LogP contribution in [0.3, 0.4) is 0 Å². The summed E-state index contributed by atoms with van der Waals surface area (Å²) in [4.78, 5) is 4.45. The molecule has 82 valence electrons. The Hall–Kier alpha value is -1.57.